The van der Waals surface area contributed by atoms with Crippen molar-refractivity contribution in [3.8, 4) is 0 Å². The van der Waals surface area contributed by atoms with Gasteiger partial charge in [0.2, 0.25) is 0 Å². The molecular formula is C15H30N2O2. The van der Waals surface area contributed by atoms with Crippen molar-refractivity contribution < 1.29 is 9.84 Å². The van der Waals surface area contributed by atoms with Gasteiger partial charge in [0.05, 0.1) is 12.7 Å². The predicted molar refractivity (Wildman–Crippen MR) is 77.3 cm³/mol. The first-order chi connectivity index (χ1) is 9.04. The monoisotopic (exact) mass is 270 g/mol. The molecule has 2 fully saturated rings. The maximum Gasteiger partial charge on any atom is 0.0702 e. The number of nitrogens with one attached hydrogen (secondary N) is 1. The summed E-state index contributed by atoms with van der Waals surface area (Å²) in [5.74, 6) is 0. The molecule has 0 aromatic rings. The first kappa shape index (κ1) is 15.2. The lowest BCUT2D eigenvalue weighted by molar-refractivity contribution is 0.0811. The number of hydrogen-bond donors (Lipinski definition) is 2. The SMILES string of the molecule is CC1OCCC1N(C)CCCC(C)(CO)NC1CC1. The average Bonchev–Trinajstić information content (AvgIpc) is 3.07. The zero-order valence-corrected chi connectivity index (χ0v) is 12.7. The van der Waals surface area contributed by atoms with Crippen LogP contribution in [-0.2, 0) is 4.74 Å². The highest BCUT2D eigenvalue weighted by molar-refractivity contribution is 4.92. The maximum absolute atomic E-state index is 9.58. The van der Waals surface area contributed by atoms with E-state index in [4.69, 9.17) is 4.74 Å². The van der Waals surface area contributed by atoms with E-state index in [2.05, 4.69) is 31.1 Å². The molecule has 112 valence electrons. The van der Waals surface area contributed by atoms with E-state index < -0.39 is 0 Å². The van der Waals surface area contributed by atoms with E-state index in [-0.39, 0.29) is 12.1 Å². The minimum absolute atomic E-state index is 0.0974. The van der Waals surface area contributed by atoms with Crippen molar-refractivity contribution in [2.45, 2.75) is 69.7 Å². The molecule has 0 aromatic carbocycles. The Morgan fingerprint density at radius 2 is 2.11 bits per heavy atom. The molecule has 0 bridgehead atoms. The smallest absolute Gasteiger partial charge is 0.0702 e. The Balaban J connectivity index is 1.69. The van der Waals surface area contributed by atoms with Crippen molar-refractivity contribution in [3.05, 3.63) is 0 Å². The van der Waals surface area contributed by atoms with Crippen LogP contribution in [0, 0.1) is 0 Å². The van der Waals surface area contributed by atoms with Crippen LogP contribution in [0.25, 0.3) is 0 Å². The molecule has 19 heavy (non-hydrogen) atoms. The summed E-state index contributed by atoms with van der Waals surface area (Å²) >= 11 is 0. The van der Waals surface area contributed by atoms with Crippen LogP contribution >= 0.6 is 0 Å². The molecule has 1 saturated carbocycles. The summed E-state index contributed by atoms with van der Waals surface area (Å²) in [5.41, 5.74) is -0.0974. The second kappa shape index (κ2) is 6.53. The van der Waals surface area contributed by atoms with Crippen LogP contribution in [0.15, 0.2) is 0 Å². The molecule has 3 unspecified atom stereocenters. The van der Waals surface area contributed by atoms with Gasteiger partial charge in [-0.1, -0.05) is 0 Å². The molecule has 0 amide bonds. The van der Waals surface area contributed by atoms with Crippen LogP contribution < -0.4 is 5.32 Å². The Labute approximate surface area is 117 Å². The number of likely N-dealkylation sites (N-methyl/N-ethyl adjacent to an activating group) is 1. The zero-order chi connectivity index (χ0) is 13.9. The highest BCUT2D eigenvalue weighted by atomic mass is 16.5. The lowest BCUT2D eigenvalue weighted by Crippen LogP contribution is -2.47. The first-order valence-electron chi connectivity index (χ1n) is 7.74. The summed E-state index contributed by atoms with van der Waals surface area (Å²) in [6, 6.07) is 1.22. The topological polar surface area (TPSA) is 44.7 Å². The van der Waals surface area contributed by atoms with E-state index >= 15 is 0 Å². The Morgan fingerprint density at radius 3 is 2.63 bits per heavy atom. The van der Waals surface area contributed by atoms with E-state index in [9.17, 15) is 5.11 Å². The Kier molecular flexibility index (Phi) is 5.23. The fourth-order valence-corrected chi connectivity index (χ4v) is 3.10. The second-order valence-electron chi connectivity index (χ2n) is 6.65. The van der Waals surface area contributed by atoms with Crippen LogP contribution in [0.3, 0.4) is 0 Å². The summed E-state index contributed by atoms with van der Waals surface area (Å²) < 4.78 is 5.62. The van der Waals surface area contributed by atoms with Gasteiger partial charge in [-0.2, -0.15) is 0 Å². The van der Waals surface area contributed by atoms with Gasteiger partial charge in [0, 0.05) is 24.2 Å². The molecule has 1 aliphatic carbocycles. The van der Waals surface area contributed by atoms with Gasteiger partial charge in [-0.3, -0.25) is 0 Å². The normalized spacial score (nSPS) is 30.8. The third-order valence-electron chi connectivity index (χ3n) is 4.62. The van der Waals surface area contributed by atoms with E-state index in [1.54, 1.807) is 0 Å². The predicted octanol–water partition coefficient (Wildman–Crippen LogP) is 1.38. The molecule has 0 radical (unpaired) electrons. The number of aliphatic hydroxyl groups excluding tert-OH is 1. The van der Waals surface area contributed by atoms with Gasteiger partial charge >= 0.3 is 0 Å². The maximum atomic E-state index is 9.58. The number of ether oxygens (including phenoxy) is 1. The van der Waals surface area contributed by atoms with Crippen molar-refractivity contribution in [2.75, 3.05) is 26.8 Å². The van der Waals surface area contributed by atoms with Gasteiger partial charge in [-0.25, -0.2) is 0 Å². The zero-order valence-electron chi connectivity index (χ0n) is 12.7. The largest absolute Gasteiger partial charge is 0.394 e. The third-order valence-corrected chi connectivity index (χ3v) is 4.62. The minimum atomic E-state index is -0.0974. The lowest BCUT2D eigenvalue weighted by Gasteiger charge is -2.31. The van der Waals surface area contributed by atoms with E-state index in [1.165, 1.54) is 12.8 Å². The molecule has 2 rings (SSSR count). The highest BCUT2D eigenvalue weighted by Crippen LogP contribution is 2.25. The van der Waals surface area contributed by atoms with Crippen LogP contribution in [0.1, 0.15) is 46.0 Å². The molecule has 0 aromatic heterocycles. The second-order valence-corrected chi connectivity index (χ2v) is 6.65. The molecule has 1 saturated heterocycles. The van der Waals surface area contributed by atoms with E-state index in [1.807, 2.05) is 0 Å². The first-order valence-corrected chi connectivity index (χ1v) is 7.74. The van der Waals surface area contributed by atoms with Crippen molar-refractivity contribution in [2.24, 2.45) is 0 Å². The molecular weight excluding hydrogens is 240 g/mol. The standard InChI is InChI=1S/C15H30N2O2/c1-12-14(7-10-19-12)17(3)9-4-8-15(2,11-18)16-13-5-6-13/h12-14,16,18H,4-11H2,1-3H3. The average molecular weight is 270 g/mol. The number of nitrogens with zero attached hydrogens (tertiary/aromatic N) is 1. The van der Waals surface area contributed by atoms with Crippen LogP contribution in [0.2, 0.25) is 0 Å². The van der Waals surface area contributed by atoms with Crippen molar-refractivity contribution >= 4 is 0 Å². The molecule has 0 spiro atoms. The van der Waals surface area contributed by atoms with Crippen molar-refractivity contribution in [3.63, 3.8) is 0 Å². The molecule has 2 N–H and O–H groups in total. The van der Waals surface area contributed by atoms with Crippen LogP contribution in [0.4, 0.5) is 0 Å². The van der Waals surface area contributed by atoms with E-state index in [0.717, 1.165) is 32.4 Å². The molecule has 3 atom stereocenters. The van der Waals surface area contributed by atoms with Gasteiger partial charge in [0.15, 0.2) is 0 Å². The molecule has 1 aliphatic heterocycles. The minimum Gasteiger partial charge on any atom is -0.394 e. The van der Waals surface area contributed by atoms with Gasteiger partial charge in [0.1, 0.15) is 0 Å². The summed E-state index contributed by atoms with van der Waals surface area (Å²) in [7, 11) is 2.19. The number of hydrogen-bond acceptors (Lipinski definition) is 4. The van der Waals surface area contributed by atoms with Crippen molar-refractivity contribution in [1.29, 1.82) is 0 Å². The van der Waals surface area contributed by atoms with Gasteiger partial charge in [-0.05, 0) is 59.5 Å². The van der Waals surface area contributed by atoms with Gasteiger partial charge < -0.3 is 20.1 Å². The van der Waals surface area contributed by atoms with Crippen LogP contribution in [0.5, 0.6) is 0 Å². The fraction of sp³-hybridized carbons (Fsp3) is 1.00. The van der Waals surface area contributed by atoms with Gasteiger partial charge in [0.25, 0.3) is 0 Å². The molecule has 4 nitrogen and oxygen atoms in total. The fourth-order valence-electron chi connectivity index (χ4n) is 3.10. The lowest BCUT2D eigenvalue weighted by atomic mass is 9.96. The van der Waals surface area contributed by atoms with Gasteiger partial charge in [-0.15, -0.1) is 0 Å². The quantitative estimate of drug-likeness (QED) is 0.699. The highest BCUT2D eigenvalue weighted by Gasteiger charge is 2.32. The summed E-state index contributed by atoms with van der Waals surface area (Å²) in [5, 5.41) is 13.2. The molecule has 2 aliphatic rings. The third kappa shape index (κ3) is 4.42. The Hall–Kier alpha value is -0.160. The summed E-state index contributed by atoms with van der Waals surface area (Å²) in [4.78, 5) is 2.42. The summed E-state index contributed by atoms with van der Waals surface area (Å²) in [6.07, 6.45) is 6.20. The van der Waals surface area contributed by atoms with Crippen molar-refractivity contribution in [1.82, 2.24) is 10.2 Å². The Bertz CT molecular complexity index is 283. The number of rotatable bonds is 8. The van der Waals surface area contributed by atoms with Crippen LogP contribution in [-0.4, -0.2) is 60.5 Å². The Morgan fingerprint density at radius 1 is 1.37 bits per heavy atom. The van der Waals surface area contributed by atoms with E-state index in [0.29, 0.717) is 18.2 Å². The molecule has 1 heterocycles. The number of aliphatic hydroxyl groups is 1. The summed E-state index contributed by atoms with van der Waals surface area (Å²) in [6.45, 7) is 6.53. The molecule has 4 heteroatoms.